The van der Waals surface area contributed by atoms with Gasteiger partial charge in [0.1, 0.15) is 0 Å². The number of para-hydroxylation sites is 1. The predicted octanol–water partition coefficient (Wildman–Crippen LogP) is 1.93. The average molecular weight is 373 g/mol. The Bertz CT molecular complexity index is 702. The number of amides is 2. The summed E-state index contributed by atoms with van der Waals surface area (Å²) in [4.78, 5) is 38.6. The highest BCUT2D eigenvalue weighted by Gasteiger charge is 2.28. The van der Waals surface area contributed by atoms with Crippen molar-refractivity contribution in [2.24, 2.45) is 0 Å². The number of nitrogens with zero attached hydrogens (tertiary/aromatic N) is 1. The van der Waals surface area contributed by atoms with Crippen LogP contribution in [0, 0.1) is 0 Å². The van der Waals surface area contributed by atoms with Gasteiger partial charge in [-0.1, -0.05) is 18.6 Å². The molecule has 1 heterocycles. The van der Waals surface area contributed by atoms with Crippen LogP contribution in [-0.2, 0) is 14.3 Å². The number of likely N-dealkylation sites (tertiary alicyclic amines) is 1. The second-order valence-corrected chi connectivity index (χ2v) is 7.24. The molecule has 1 saturated heterocycles. The van der Waals surface area contributed by atoms with Crippen LogP contribution >= 0.6 is 0 Å². The highest BCUT2D eigenvalue weighted by molar-refractivity contribution is 6.04. The van der Waals surface area contributed by atoms with Gasteiger partial charge in [-0.2, -0.15) is 0 Å². The predicted molar refractivity (Wildman–Crippen MR) is 101 cm³/mol. The molecule has 0 unspecified atom stereocenters. The number of methoxy groups -OCH3 is 1. The van der Waals surface area contributed by atoms with E-state index in [1.807, 2.05) is 4.90 Å². The van der Waals surface area contributed by atoms with Gasteiger partial charge in [-0.15, -0.1) is 0 Å². The minimum Gasteiger partial charge on any atom is -0.469 e. The average Bonchev–Trinajstić information content (AvgIpc) is 3.47. The summed E-state index contributed by atoms with van der Waals surface area (Å²) in [5.41, 5.74) is 0.990. The van der Waals surface area contributed by atoms with E-state index < -0.39 is 0 Å². The summed E-state index contributed by atoms with van der Waals surface area (Å²) in [6.45, 7) is 0.971. The lowest BCUT2D eigenvalue weighted by molar-refractivity contribution is -0.142. The van der Waals surface area contributed by atoms with Gasteiger partial charge < -0.3 is 15.4 Å². The Morgan fingerprint density at radius 1 is 1.15 bits per heavy atom. The van der Waals surface area contributed by atoms with Gasteiger partial charge in [-0.05, 0) is 44.4 Å². The fourth-order valence-electron chi connectivity index (χ4n) is 3.43. The van der Waals surface area contributed by atoms with Gasteiger partial charge in [0.25, 0.3) is 5.91 Å². The molecule has 2 aliphatic rings. The second-order valence-electron chi connectivity index (χ2n) is 7.24. The van der Waals surface area contributed by atoms with Gasteiger partial charge in [0.15, 0.2) is 0 Å². The van der Waals surface area contributed by atoms with Crippen LogP contribution in [0.25, 0.3) is 0 Å². The Hall–Kier alpha value is -2.41. The lowest BCUT2D eigenvalue weighted by atomic mass is 9.99. The molecule has 1 aliphatic heterocycles. The van der Waals surface area contributed by atoms with Crippen molar-refractivity contribution < 1.29 is 19.1 Å². The Kier molecular flexibility index (Phi) is 6.45. The van der Waals surface area contributed by atoms with Crippen molar-refractivity contribution in [2.75, 3.05) is 25.5 Å². The molecule has 7 heteroatoms. The van der Waals surface area contributed by atoms with E-state index in [0.29, 0.717) is 17.7 Å². The molecule has 27 heavy (non-hydrogen) atoms. The molecule has 2 amide bonds. The molecule has 1 aromatic rings. The highest BCUT2D eigenvalue weighted by Crippen LogP contribution is 2.22. The molecule has 2 fully saturated rings. The van der Waals surface area contributed by atoms with E-state index in [1.165, 1.54) is 7.11 Å². The van der Waals surface area contributed by atoms with Crippen molar-refractivity contribution in [2.45, 2.75) is 50.6 Å². The summed E-state index contributed by atoms with van der Waals surface area (Å²) in [6.07, 6.45) is 5.25. The first kappa shape index (κ1) is 19.4. The van der Waals surface area contributed by atoms with Crippen LogP contribution in [-0.4, -0.2) is 55.0 Å². The van der Waals surface area contributed by atoms with Gasteiger partial charge in [0.05, 0.1) is 31.3 Å². The second kappa shape index (κ2) is 8.99. The first-order chi connectivity index (χ1) is 13.1. The van der Waals surface area contributed by atoms with Crippen LogP contribution in [0.3, 0.4) is 0 Å². The van der Waals surface area contributed by atoms with Crippen LogP contribution in [0.1, 0.15) is 48.9 Å². The Labute approximate surface area is 159 Å². The lowest BCUT2D eigenvalue weighted by Gasteiger charge is -2.34. The summed E-state index contributed by atoms with van der Waals surface area (Å²) < 4.78 is 4.77. The Balaban J connectivity index is 1.61. The number of esters is 1. The normalized spacial score (nSPS) is 20.0. The van der Waals surface area contributed by atoms with Gasteiger partial charge in [0.2, 0.25) is 5.91 Å². The molecule has 1 atom stereocenters. The fraction of sp³-hybridized carbons (Fsp3) is 0.550. The Morgan fingerprint density at radius 3 is 2.67 bits per heavy atom. The number of anilines is 1. The molecule has 1 saturated carbocycles. The van der Waals surface area contributed by atoms with Crippen molar-refractivity contribution >= 4 is 23.5 Å². The third kappa shape index (κ3) is 5.53. The van der Waals surface area contributed by atoms with E-state index in [1.54, 1.807) is 24.3 Å². The maximum absolute atomic E-state index is 12.6. The first-order valence-corrected chi connectivity index (χ1v) is 9.57. The first-order valence-electron chi connectivity index (χ1n) is 9.57. The molecule has 1 aliphatic carbocycles. The van der Waals surface area contributed by atoms with E-state index in [9.17, 15) is 14.4 Å². The lowest BCUT2D eigenvalue weighted by Crippen LogP contribution is -2.45. The number of hydrogen-bond donors (Lipinski definition) is 2. The molecule has 0 bridgehead atoms. The fourth-order valence-corrected chi connectivity index (χ4v) is 3.43. The van der Waals surface area contributed by atoms with E-state index in [4.69, 9.17) is 4.74 Å². The maximum Gasteiger partial charge on any atom is 0.307 e. The van der Waals surface area contributed by atoms with Gasteiger partial charge in [-0.25, -0.2) is 0 Å². The van der Waals surface area contributed by atoms with E-state index >= 15 is 0 Å². The molecule has 146 valence electrons. The van der Waals surface area contributed by atoms with Crippen LogP contribution in [0.15, 0.2) is 24.3 Å². The van der Waals surface area contributed by atoms with Crippen molar-refractivity contribution in [3.05, 3.63) is 29.8 Å². The van der Waals surface area contributed by atoms with E-state index in [-0.39, 0.29) is 36.4 Å². The third-order valence-electron chi connectivity index (χ3n) is 5.08. The molecular weight excluding hydrogens is 346 g/mol. The molecule has 0 radical (unpaired) electrons. The van der Waals surface area contributed by atoms with Crippen LogP contribution < -0.4 is 10.6 Å². The quantitative estimate of drug-likeness (QED) is 0.713. The standard InChI is InChI=1S/C20H27N3O4/c1-27-19(25)12-15-6-4-5-11-23(15)13-18(24)22-17-8-3-2-7-16(17)20(26)21-14-9-10-14/h2-3,7-8,14-15H,4-6,9-13H2,1H3,(H,21,26)(H,22,24)/t15-/m1/s1. The van der Waals surface area contributed by atoms with E-state index in [0.717, 1.165) is 38.6 Å². The number of carbonyl (C=O) groups is 3. The largest absolute Gasteiger partial charge is 0.469 e. The molecule has 0 spiro atoms. The summed E-state index contributed by atoms with van der Waals surface area (Å²) in [7, 11) is 1.38. The van der Waals surface area contributed by atoms with Gasteiger partial charge in [0, 0.05) is 12.1 Å². The number of benzene rings is 1. The van der Waals surface area contributed by atoms with Crippen molar-refractivity contribution in [1.82, 2.24) is 10.2 Å². The molecular formula is C20H27N3O4. The number of rotatable bonds is 7. The zero-order chi connectivity index (χ0) is 19.2. The summed E-state index contributed by atoms with van der Waals surface area (Å²) in [6, 6.07) is 7.31. The minimum atomic E-state index is -0.255. The zero-order valence-electron chi connectivity index (χ0n) is 15.7. The Morgan fingerprint density at radius 2 is 1.93 bits per heavy atom. The zero-order valence-corrected chi connectivity index (χ0v) is 15.7. The third-order valence-corrected chi connectivity index (χ3v) is 5.08. The van der Waals surface area contributed by atoms with Crippen molar-refractivity contribution in [3.8, 4) is 0 Å². The van der Waals surface area contributed by atoms with Crippen molar-refractivity contribution in [1.29, 1.82) is 0 Å². The molecule has 0 aromatic heterocycles. The van der Waals surface area contributed by atoms with E-state index in [2.05, 4.69) is 10.6 Å². The number of carbonyl (C=O) groups excluding carboxylic acids is 3. The van der Waals surface area contributed by atoms with Crippen molar-refractivity contribution in [3.63, 3.8) is 0 Å². The summed E-state index contributed by atoms with van der Waals surface area (Å²) >= 11 is 0. The number of ether oxygens (including phenoxy) is 1. The summed E-state index contributed by atoms with van der Waals surface area (Å²) in [5.74, 6) is -0.595. The number of piperidine rings is 1. The van der Waals surface area contributed by atoms with Crippen LogP contribution in [0.5, 0.6) is 0 Å². The van der Waals surface area contributed by atoms with Crippen LogP contribution in [0.4, 0.5) is 5.69 Å². The van der Waals surface area contributed by atoms with Gasteiger partial charge >= 0.3 is 5.97 Å². The molecule has 3 rings (SSSR count). The monoisotopic (exact) mass is 373 g/mol. The number of hydrogen-bond acceptors (Lipinski definition) is 5. The molecule has 2 N–H and O–H groups in total. The SMILES string of the molecule is COC(=O)C[C@H]1CCCCN1CC(=O)Nc1ccccc1C(=O)NC1CC1. The minimum absolute atomic E-state index is 0.0189. The smallest absolute Gasteiger partial charge is 0.307 e. The summed E-state index contributed by atoms with van der Waals surface area (Å²) in [5, 5.41) is 5.81. The van der Waals surface area contributed by atoms with Crippen LogP contribution in [0.2, 0.25) is 0 Å². The van der Waals surface area contributed by atoms with Gasteiger partial charge in [-0.3, -0.25) is 19.3 Å². The molecule has 7 nitrogen and oxygen atoms in total. The topological polar surface area (TPSA) is 87.7 Å². The maximum atomic E-state index is 12.6. The number of nitrogens with one attached hydrogen (secondary N) is 2. The highest BCUT2D eigenvalue weighted by atomic mass is 16.5. The molecule has 1 aromatic carbocycles.